The average molecular weight is 283 g/mol. The van der Waals surface area contributed by atoms with Crippen LogP contribution in [0.1, 0.15) is 31.8 Å². The predicted octanol–water partition coefficient (Wildman–Crippen LogP) is 2.35. The molecular formula is C14H23ClN4. The van der Waals surface area contributed by atoms with Gasteiger partial charge in [0, 0.05) is 24.8 Å². The summed E-state index contributed by atoms with van der Waals surface area (Å²) in [5.41, 5.74) is 0.939. The maximum atomic E-state index is 5.98. The number of hydrogen-bond acceptors (Lipinski definition) is 4. The molecule has 1 atom stereocenters. The van der Waals surface area contributed by atoms with Crippen LogP contribution in [-0.4, -0.2) is 52.0 Å². The van der Waals surface area contributed by atoms with Gasteiger partial charge in [0.1, 0.15) is 11.0 Å². The molecule has 1 unspecified atom stereocenters. The smallest absolute Gasteiger partial charge is 0.144 e. The van der Waals surface area contributed by atoms with E-state index in [1.165, 1.54) is 6.42 Å². The highest BCUT2D eigenvalue weighted by atomic mass is 35.5. The number of nitrogens with zero attached hydrogens (tertiary/aromatic N) is 4. The van der Waals surface area contributed by atoms with E-state index in [4.69, 9.17) is 11.6 Å². The van der Waals surface area contributed by atoms with E-state index in [0.29, 0.717) is 11.2 Å². The van der Waals surface area contributed by atoms with Crippen molar-refractivity contribution in [2.24, 2.45) is 0 Å². The van der Waals surface area contributed by atoms with E-state index in [1.807, 2.05) is 6.92 Å². The number of hydrogen-bond donors (Lipinski definition) is 0. The Labute approximate surface area is 120 Å². The number of halogens is 1. The fraction of sp³-hybridized carbons (Fsp3) is 0.714. The van der Waals surface area contributed by atoms with Gasteiger partial charge in [-0.25, -0.2) is 9.97 Å². The molecule has 106 valence electrons. The molecule has 4 nitrogen and oxygen atoms in total. The maximum Gasteiger partial charge on any atom is 0.144 e. The van der Waals surface area contributed by atoms with Crippen molar-refractivity contribution >= 4 is 11.6 Å². The number of aryl methyl sites for hydroxylation is 1. The van der Waals surface area contributed by atoms with Crippen molar-refractivity contribution in [1.82, 2.24) is 19.8 Å². The Morgan fingerprint density at radius 3 is 2.74 bits per heavy atom. The lowest BCUT2D eigenvalue weighted by molar-refractivity contribution is 0.208. The summed E-state index contributed by atoms with van der Waals surface area (Å²) in [7, 11) is 0. The summed E-state index contributed by atoms with van der Waals surface area (Å²) in [5.74, 6) is 0.838. The highest BCUT2D eigenvalue weighted by Crippen LogP contribution is 2.17. The molecule has 1 aromatic heterocycles. The largest absolute Gasteiger partial charge is 0.300 e. The van der Waals surface area contributed by atoms with E-state index in [0.717, 1.165) is 44.2 Å². The molecule has 2 heterocycles. The highest BCUT2D eigenvalue weighted by Gasteiger charge is 2.26. The van der Waals surface area contributed by atoms with Crippen LogP contribution in [0.5, 0.6) is 0 Å². The highest BCUT2D eigenvalue weighted by molar-refractivity contribution is 6.29. The van der Waals surface area contributed by atoms with Gasteiger partial charge in [-0.1, -0.05) is 25.4 Å². The summed E-state index contributed by atoms with van der Waals surface area (Å²) < 4.78 is 0. The minimum absolute atomic E-state index is 0.544. The second kappa shape index (κ2) is 6.64. The van der Waals surface area contributed by atoms with Crippen molar-refractivity contribution in [3.63, 3.8) is 0 Å². The quantitative estimate of drug-likeness (QED) is 0.776. The summed E-state index contributed by atoms with van der Waals surface area (Å²) >= 11 is 5.98. The lowest BCUT2D eigenvalue weighted by Gasteiger charge is -2.26. The normalized spacial score (nSPS) is 20.4. The number of rotatable bonds is 5. The van der Waals surface area contributed by atoms with Crippen LogP contribution in [0, 0.1) is 6.92 Å². The van der Waals surface area contributed by atoms with Gasteiger partial charge in [0.25, 0.3) is 0 Å². The molecule has 0 bridgehead atoms. The Morgan fingerprint density at radius 2 is 2.11 bits per heavy atom. The summed E-state index contributed by atoms with van der Waals surface area (Å²) in [4.78, 5) is 13.7. The van der Waals surface area contributed by atoms with Gasteiger partial charge in [-0.15, -0.1) is 0 Å². The SMILES string of the molecule is CCN(CC)C1CCN(Cc2nc(C)cc(Cl)n2)C1. The third-order valence-corrected chi connectivity index (χ3v) is 4.00. The van der Waals surface area contributed by atoms with Crippen LogP contribution >= 0.6 is 11.6 Å². The van der Waals surface area contributed by atoms with E-state index in [1.54, 1.807) is 6.07 Å². The van der Waals surface area contributed by atoms with Crippen LogP contribution in [0.4, 0.5) is 0 Å². The fourth-order valence-electron chi connectivity index (χ4n) is 2.85. The molecule has 0 amide bonds. The third-order valence-electron chi connectivity index (χ3n) is 3.81. The Morgan fingerprint density at radius 1 is 1.37 bits per heavy atom. The van der Waals surface area contributed by atoms with E-state index in [2.05, 4.69) is 33.6 Å². The van der Waals surface area contributed by atoms with Crippen molar-refractivity contribution in [3.8, 4) is 0 Å². The molecule has 1 saturated heterocycles. The topological polar surface area (TPSA) is 32.3 Å². The molecule has 19 heavy (non-hydrogen) atoms. The Bertz CT molecular complexity index is 400. The van der Waals surface area contributed by atoms with Crippen molar-refractivity contribution in [1.29, 1.82) is 0 Å². The zero-order chi connectivity index (χ0) is 13.8. The van der Waals surface area contributed by atoms with Gasteiger partial charge < -0.3 is 0 Å². The standard InChI is InChI=1S/C14H23ClN4/c1-4-19(5-2)12-6-7-18(9-12)10-14-16-11(3)8-13(15)17-14/h8,12H,4-7,9-10H2,1-3H3. The summed E-state index contributed by atoms with van der Waals surface area (Å²) in [5, 5.41) is 0.544. The van der Waals surface area contributed by atoms with Crippen LogP contribution in [0.3, 0.4) is 0 Å². The first-order chi connectivity index (χ1) is 9.12. The number of aromatic nitrogens is 2. The zero-order valence-electron chi connectivity index (χ0n) is 12.1. The first-order valence-electron chi connectivity index (χ1n) is 7.08. The molecule has 0 aromatic carbocycles. The van der Waals surface area contributed by atoms with Gasteiger partial charge in [-0.05, 0) is 32.5 Å². The molecule has 0 radical (unpaired) electrons. The Hall–Kier alpha value is -0.710. The average Bonchev–Trinajstić information content (AvgIpc) is 2.78. The van der Waals surface area contributed by atoms with Gasteiger partial charge in [-0.2, -0.15) is 0 Å². The third kappa shape index (κ3) is 3.88. The molecular weight excluding hydrogens is 260 g/mol. The van der Waals surface area contributed by atoms with Gasteiger partial charge in [-0.3, -0.25) is 9.80 Å². The molecule has 0 saturated carbocycles. The van der Waals surface area contributed by atoms with E-state index in [-0.39, 0.29) is 0 Å². The van der Waals surface area contributed by atoms with Crippen molar-refractivity contribution in [2.75, 3.05) is 26.2 Å². The molecule has 0 N–H and O–H groups in total. The van der Waals surface area contributed by atoms with Gasteiger partial charge in [0.15, 0.2) is 0 Å². The van der Waals surface area contributed by atoms with Gasteiger partial charge in [0.2, 0.25) is 0 Å². The van der Waals surface area contributed by atoms with Crippen LogP contribution in [-0.2, 0) is 6.54 Å². The lowest BCUT2D eigenvalue weighted by Crippen LogP contribution is -2.37. The van der Waals surface area contributed by atoms with Gasteiger partial charge >= 0.3 is 0 Å². The predicted molar refractivity (Wildman–Crippen MR) is 78.4 cm³/mol. The van der Waals surface area contributed by atoms with Crippen molar-refractivity contribution in [2.45, 2.75) is 39.8 Å². The fourth-order valence-corrected chi connectivity index (χ4v) is 3.11. The second-order valence-electron chi connectivity index (χ2n) is 5.15. The van der Waals surface area contributed by atoms with E-state index in [9.17, 15) is 0 Å². The molecule has 2 rings (SSSR count). The maximum absolute atomic E-state index is 5.98. The second-order valence-corrected chi connectivity index (χ2v) is 5.53. The first-order valence-corrected chi connectivity index (χ1v) is 7.46. The molecule has 1 aliphatic heterocycles. The summed E-state index contributed by atoms with van der Waals surface area (Å²) in [6.07, 6.45) is 1.24. The molecule has 1 aliphatic rings. The molecule has 0 aliphatic carbocycles. The van der Waals surface area contributed by atoms with E-state index >= 15 is 0 Å². The molecule has 1 fully saturated rings. The van der Waals surface area contributed by atoms with Crippen LogP contribution in [0.2, 0.25) is 5.15 Å². The Balaban J connectivity index is 1.94. The van der Waals surface area contributed by atoms with E-state index < -0.39 is 0 Å². The van der Waals surface area contributed by atoms with Crippen LogP contribution < -0.4 is 0 Å². The zero-order valence-corrected chi connectivity index (χ0v) is 12.8. The summed E-state index contributed by atoms with van der Waals surface area (Å²) in [6.45, 7) is 11.7. The monoisotopic (exact) mass is 282 g/mol. The van der Waals surface area contributed by atoms with Crippen LogP contribution in [0.15, 0.2) is 6.07 Å². The van der Waals surface area contributed by atoms with Crippen molar-refractivity contribution < 1.29 is 0 Å². The number of likely N-dealkylation sites (tertiary alicyclic amines) is 1. The first kappa shape index (κ1) is 14.7. The lowest BCUT2D eigenvalue weighted by atomic mass is 10.2. The summed E-state index contributed by atoms with van der Waals surface area (Å²) in [6, 6.07) is 2.48. The Kier molecular flexibility index (Phi) is 5.13. The number of likely N-dealkylation sites (N-methyl/N-ethyl adjacent to an activating group) is 1. The molecule has 5 heteroatoms. The molecule has 1 aromatic rings. The van der Waals surface area contributed by atoms with Gasteiger partial charge in [0.05, 0.1) is 6.54 Å². The molecule has 0 spiro atoms. The van der Waals surface area contributed by atoms with Crippen LogP contribution in [0.25, 0.3) is 0 Å². The van der Waals surface area contributed by atoms with Crippen molar-refractivity contribution in [3.05, 3.63) is 22.7 Å². The minimum Gasteiger partial charge on any atom is -0.300 e. The minimum atomic E-state index is 0.544.